The van der Waals surface area contributed by atoms with E-state index in [1.54, 1.807) is 12.3 Å². The minimum absolute atomic E-state index is 0.143. The van der Waals surface area contributed by atoms with Gasteiger partial charge in [-0.2, -0.15) is 0 Å². The van der Waals surface area contributed by atoms with Crippen molar-refractivity contribution in [1.82, 2.24) is 9.88 Å². The number of aliphatic hydroxyl groups is 1. The van der Waals surface area contributed by atoms with Crippen LogP contribution in [0, 0.1) is 0 Å². The first-order chi connectivity index (χ1) is 14.6. The lowest BCUT2D eigenvalue weighted by Crippen LogP contribution is -2.46. The molecule has 0 amide bonds. The van der Waals surface area contributed by atoms with E-state index in [1.165, 1.54) is 19.4 Å². The summed E-state index contributed by atoms with van der Waals surface area (Å²) in [7, 11) is 0. The van der Waals surface area contributed by atoms with Gasteiger partial charge in [0.05, 0.1) is 23.4 Å². The molecule has 2 aliphatic heterocycles. The van der Waals surface area contributed by atoms with Crippen LogP contribution in [0.2, 0.25) is 5.15 Å². The van der Waals surface area contributed by atoms with Crippen molar-refractivity contribution in [2.24, 2.45) is 4.99 Å². The van der Waals surface area contributed by atoms with Crippen LogP contribution in [0.25, 0.3) is 5.88 Å². The third-order valence-corrected chi connectivity index (χ3v) is 6.14. The molecule has 0 aliphatic carbocycles. The lowest BCUT2D eigenvalue weighted by Gasteiger charge is -2.31. The Morgan fingerprint density at radius 2 is 2.07 bits per heavy atom. The maximum Gasteiger partial charge on any atom is 0.203 e. The van der Waals surface area contributed by atoms with Crippen LogP contribution in [-0.4, -0.2) is 46.9 Å². The number of nitrogens with zero attached hydrogens (tertiary/aromatic N) is 4. The van der Waals surface area contributed by atoms with Gasteiger partial charge < -0.3 is 14.7 Å². The van der Waals surface area contributed by atoms with Gasteiger partial charge in [-0.25, -0.2) is 4.98 Å². The molecule has 160 valence electrons. The molecule has 4 rings (SSSR count). The van der Waals surface area contributed by atoms with Crippen LogP contribution >= 0.6 is 11.6 Å². The Labute approximate surface area is 182 Å². The normalized spacial score (nSPS) is 21.4. The van der Waals surface area contributed by atoms with Crippen molar-refractivity contribution in [2.75, 3.05) is 24.6 Å². The van der Waals surface area contributed by atoms with E-state index in [4.69, 9.17) is 21.3 Å². The van der Waals surface area contributed by atoms with Crippen molar-refractivity contribution in [3.05, 3.63) is 52.3 Å². The molecular formula is C23H29ClN4O2. The zero-order valence-corrected chi connectivity index (χ0v) is 18.3. The van der Waals surface area contributed by atoms with Crippen LogP contribution in [0.1, 0.15) is 39.5 Å². The zero-order chi connectivity index (χ0) is 21.1. The fourth-order valence-corrected chi connectivity index (χ4v) is 4.41. The fourth-order valence-electron chi connectivity index (χ4n) is 4.25. The molecule has 1 N–H and O–H groups in total. The molecule has 3 heterocycles. The SMILES string of the molecule is CCC1N=c2cnc(Cl)cc2=C(O)N1c1ccc(OCCCN2CCC[C@@H]2C)cc1. The smallest absolute Gasteiger partial charge is 0.203 e. The van der Waals surface area contributed by atoms with Crippen molar-refractivity contribution in [3.63, 3.8) is 0 Å². The minimum atomic E-state index is -0.199. The maximum absolute atomic E-state index is 10.9. The average molecular weight is 429 g/mol. The molecule has 1 aromatic carbocycles. The van der Waals surface area contributed by atoms with Gasteiger partial charge >= 0.3 is 0 Å². The van der Waals surface area contributed by atoms with E-state index in [9.17, 15) is 5.11 Å². The Kier molecular flexibility index (Phi) is 6.44. The van der Waals surface area contributed by atoms with Crippen LogP contribution in [0.15, 0.2) is 41.5 Å². The standard InChI is InChI=1S/C23H29ClN4O2/c1-3-22-26-20-15-25-21(24)14-19(20)23(29)28(22)17-7-9-18(10-8-17)30-13-5-12-27-11-4-6-16(27)2/h7-10,14-16,22,29H,3-6,11-13H2,1-2H3/t16-,22?/m0/s1. The lowest BCUT2D eigenvalue weighted by atomic mass is 10.2. The number of ether oxygens (including phenoxy) is 1. The molecule has 6 nitrogen and oxygen atoms in total. The summed E-state index contributed by atoms with van der Waals surface area (Å²) >= 11 is 6.02. The summed E-state index contributed by atoms with van der Waals surface area (Å²) < 4.78 is 5.93. The number of benzene rings is 1. The summed E-state index contributed by atoms with van der Waals surface area (Å²) in [6.07, 6.45) is 5.79. The predicted octanol–water partition coefficient (Wildman–Crippen LogP) is 3.49. The summed E-state index contributed by atoms with van der Waals surface area (Å²) in [5.41, 5.74) is 0.861. The number of rotatable bonds is 7. The molecule has 2 aliphatic rings. The van der Waals surface area contributed by atoms with E-state index in [2.05, 4.69) is 16.8 Å². The number of aromatic nitrogens is 1. The molecule has 2 aromatic rings. The lowest BCUT2D eigenvalue weighted by molar-refractivity contribution is 0.230. The molecule has 30 heavy (non-hydrogen) atoms. The van der Waals surface area contributed by atoms with Crippen LogP contribution in [-0.2, 0) is 0 Å². The van der Waals surface area contributed by atoms with Crippen molar-refractivity contribution in [1.29, 1.82) is 0 Å². The molecule has 0 saturated carbocycles. The molecular weight excluding hydrogens is 400 g/mol. The summed E-state index contributed by atoms with van der Waals surface area (Å²) in [6, 6.07) is 10.2. The fraction of sp³-hybridized carbons (Fsp3) is 0.478. The number of aliphatic hydroxyl groups excluding tert-OH is 1. The molecule has 0 spiro atoms. The minimum Gasteiger partial charge on any atom is -0.494 e. The van der Waals surface area contributed by atoms with E-state index >= 15 is 0 Å². The number of pyridine rings is 1. The molecule has 2 atom stereocenters. The van der Waals surface area contributed by atoms with E-state index in [0.717, 1.165) is 30.8 Å². The van der Waals surface area contributed by atoms with Gasteiger partial charge in [0.15, 0.2) is 0 Å². The van der Waals surface area contributed by atoms with Gasteiger partial charge in [-0.15, -0.1) is 0 Å². The molecule has 0 radical (unpaired) electrons. The first kappa shape index (κ1) is 20.9. The van der Waals surface area contributed by atoms with Gasteiger partial charge in [-0.3, -0.25) is 9.89 Å². The van der Waals surface area contributed by atoms with Gasteiger partial charge in [0, 0.05) is 18.3 Å². The topological polar surface area (TPSA) is 61.2 Å². The Balaban J connectivity index is 1.44. The van der Waals surface area contributed by atoms with Gasteiger partial charge in [-0.05, 0) is 69.5 Å². The average Bonchev–Trinajstić information content (AvgIpc) is 3.17. The van der Waals surface area contributed by atoms with Crippen LogP contribution < -0.4 is 20.2 Å². The second-order valence-electron chi connectivity index (χ2n) is 7.96. The van der Waals surface area contributed by atoms with Crippen molar-refractivity contribution < 1.29 is 9.84 Å². The number of halogens is 1. The highest BCUT2D eigenvalue weighted by Gasteiger charge is 2.25. The van der Waals surface area contributed by atoms with Crippen molar-refractivity contribution in [3.8, 4) is 5.75 Å². The van der Waals surface area contributed by atoms with Gasteiger partial charge in [0.25, 0.3) is 0 Å². The number of anilines is 1. The monoisotopic (exact) mass is 428 g/mol. The van der Waals surface area contributed by atoms with E-state index in [1.807, 2.05) is 36.1 Å². The van der Waals surface area contributed by atoms with Crippen molar-refractivity contribution >= 4 is 23.2 Å². The summed E-state index contributed by atoms with van der Waals surface area (Å²) in [4.78, 5) is 13.2. The third kappa shape index (κ3) is 4.40. The molecule has 0 bridgehead atoms. The Morgan fingerprint density at radius 3 is 2.77 bits per heavy atom. The molecule has 1 saturated heterocycles. The predicted molar refractivity (Wildman–Crippen MR) is 119 cm³/mol. The van der Waals surface area contributed by atoms with E-state index < -0.39 is 0 Å². The summed E-state index contributed by atoms with van der Waals surface area (Å²) in [5.74, 6) is 0.979. The second kappa shape index (κ2) is 9.23. The highest BCUT2D eigenvalue weighted by atomic mass is 35.5. The van der Waals surface area contributed by atoms with Crippen molar-refractivity contribution in [2.45, 2.75) is 51.7 Å². The Morgan fingerprint density at radius 1 is 1.27 bits per heavy atom. The zero-order valence-electron chi connectivity index (χ0n) is 17.6. The Hall–Kier alpha value is -2.31. The van der Waals surface area contributed by atoms with Crippen LogP contribution in [0.5, 0.6) is 5.75 Å². The number of hydrogen-bond donors (Lipinski definition) is 1. The number of fused-ring (bicyclic) bond motifs is 1. The molecule has 7 heteroatoms. The third-order valence-electron chi connectivity index (χ3n) is 5.93. The number of hydrogen-bond acceptors (Lipinski definition) is 6. The largest absolute Gasteiger partial charge is 0.494 e. The molecule has 1 unspecified atom stereocenters. The van der Waals surface area contributed by atoms with Gasteiger partial charge in [0.1, 0.15) is 17.1 Å². The van der Waals surface area contributed by atoms with E-state index in [-0.39, 0.29) is 12.0 Å². The van der Waals surface area contributed by atoms with Crippen LogP contribution in [0.4, 0.5) is 5.69 Å². The Bertz CT molecular complexity index is 995. The second-order valence-corrected chi connectivity index (χ2v) is 8.35. The first-order valence-electron chi connectivity index (χ1n) is 10.8. The summed E-state index contributed by atoms with van der Waals surface area (Å²) in [6.45, 7) is 7.35. The first-order valence-corrected chi connectivity index (χ1v) is 11.1. The van der Waals surface area contributed by atoms with Gasteiger partial charge in [-0.1, -0.05) is 18.5 Å². The highest BCUT2D eigenvalue weighted by Crippen LogP contribution is 2.27. The van der Waals surface area contributed by atoms with E-state index in [0.29, 0.717) is 28.4 Å². The number of likely N-dealkylation sites (tertiary alicyclic amines) is 1. The highest BCUT2D eigenvalue weighted by molar-refractivity contribution is 6.29. The summed E-state index contributed by atoms with van der Waals surface area (Å²) in [5, 5.41) is 12.5. The van der Waals surface area contributed by atoms with Crippen LogP contribution in [0.3, 0.4) is 0 Å². The maximum atomic E-state index is 10.9. The van der Waals surface area contributed by atoms with Gasteiger partial charge in [0.2, 0.25) is 5.88 Å². The molecule has 1 fully saturated rings. The molecule has 1 aromatic heterocycles. The quantitative estimate of drug-likeness (QED) is 0.540.